The fourth-order valence-corrected chi connectivity index (χ4v) is 5.00. The van der Waals surface area contributed by atoms with Crippen LogP contribution in [0.3, 0.4) is 0 Å². The zero-order valence-electron chi connectivity index (χ0n) is 21.1. The third-order valence-electron chi connectivity index (χ3n) is 6.91. The van der Waals surface area contributed by atoms with Gasteiger partial charge < -0.3 is 15.0 Å². The van der Waals surface area contributed by atoms with Gasteiger partial charge in [-0.3, -0.25) is 14.5 Å². The molecule has 2 amide bonds. The Hall–Kier alpha value is -3.12. The smallest absolute Gasteiger partial charge is 0.250 e. The summed E-state index contributed by atoms with van der Waals surface area (Å²) >= 11 is 0. The van der Waals surface area contributed by atoms with E-state index in [-0.39, 0.29) is 11.8 Å². The number of nitrogens with one attached hydrogen (secondary N) is 1. The second-order valence-electron chi connectivity index (χ2n) is 10.0. The quantitative estimate of drug-likeness (QED) is 0.576. The predicted octanol–water partition coefficient (Wildman–Crippen LogP) is 5.11. The van der Waals surface area contributed by atoms with Crippen LogP contribution in [0.2, 0.25) is 0 Å². The number of allylic oxidation sites excluding steroid dienone is 1. The Morgan fingerprint density at radius 1 is 1.03 bits per heavy atom. The van der Waals surface area contributed by atoms with Gasteiger partial charge in [0.05, 0.1) is 0 Å². The third-order valence-corrected chi connectivity index (χ3v) is 6.91. The molecule has 0 bridgehead atoms. The van der Waals surface area contributed by atoms with E-state index in [9.17, 15) is 9.59 Å². The molecule has 2 aliphatic rings. The number of benzene rings is 2. The Balaban J connectivity index is 1.40. The molecule has 0 aromatic heterocycles. The Kier molecular flexibility index (Phi) is 7.91. The fraction of sp³-hybridized carbons (Fsp3) is 0.448. The van der Waals surface area contributed by atoms with Gasteiger partial charge in [0.15, 0.2) is 0 Å². The number of ether oxygens (including phenoxy) is 1. The summed E-state index contributed by atoms with van der Waals surface area (Å²) in [6, 6.07) is 17.5. The van der Waals surface area contributed by atoms with Crippen molar-refractivity contribution >= 4 is 11.8 Å². The molecule has 2 fully saturated rings. The Morgan fingerprint density at radius 2 is 1.69 bits per heavy atom. The first kappa shape index (κ1) is 25.0. The van der Waals surface area contributed by atoms with Crippen LogP contribution in [0, 0.1) is 5.92 Å². The van der Waals surface area contributed by atoms with E-state index in [2.05, 4.69) is 36.2 Å². The molecule has 35 heavy (non-hydrogen) atoms. The molecule has 6 heteroatoms. The third kappa shape index (κ3) is 5.76. The van der Waals surface area contributed by atoms with Gasteiger partial charge in [0.1, 0.15) is 23.1 Å². The first-order valence-electron chi connectivity index (χ1n) is 12.8. The summed E-state index contributed by atoms with van der Waals surface area (Å²) in [4.78, 5) is 30.8. The maximum Gasteiger partial charge on any atom is 0.250 e. The molecule has 0 aliphatic carbocycles. The summed E-state index contributed by atoms with van der Waals surface area (Å²) in [5, 5.41) is 3.06. The molecular weight excluding hydrogens is 438 g/mol. The van der Waals surface area contributed by atoms with E-state index in [1.807, 2.05) is 61.7 Å². The van der Waals surface area contributed by atoms with Crippen LogP contribution in [-0.4, -0.2) is 46.3 Å². The number of likely N-dealkylation sites (tertiary alicyclic amines) is 1. The number of nitrogens with zero attached hydrogens (tertiary/aromatic N) is 2. The number of rotatable bonds is 8. The van der Waals surface area contributed by atoms with Gasteiger partial charge in [-0.1, -0.05) is 57.2 Å². The van der Waals surface area contributed by atoms with E-state index < -0.39 is 11.6 Å². The normalized spacial score (nSPS) is 20.6. The number of piperidine rings is 1. The molecule has 0 radical (unpaired) electrons. The number of hydrogen-bond donors (Lipinski definition) is 1. The highest BCUT2D eigenvalue weighted by atomic mass is 16.5. The molecule has 2 aromatic rings. The fourth-order valence-electron chi connectivity index (χ4n) is 5.00. The summed E-state index contributed by atoms with van der Waals surface area (Å²) in [5.74, 6) is 1.97. The maximum atomic E-state index is 13.4. The first-order valence-corrected chi connectivity index (χ1v) is 12.8. The minimum absolute atomic E-state index is 0.00873. The van der Waals surface area contributed by atoms with Crippen molar-refractivity contribution in [3.63, 3.8) is 0 Å². The summed E-state index contributed by atoms with van der Waals surface area (Å²) in [6.07, 6.45) is 6.58. The van der Waals surface area contributed by atoms with E-state index in [0.29, 0.717) is 25.2 Å². The summed E-state index contributed by atoms with van der Waals surface area (Å²) in [6.45, 7) is 8.52. The van der Waals surface area contributed by atoms with E-state index >= 15 is 0 Å². The average molecular weight is 476 g/mol. The van der Waals surface area contributed by atoms with Crippen LogP contribution in [-0.2, 0) is 16.1 Å². The van der Waals surface area contributed by atoms with Gasteiger partial charge in [0, 0.05) is 25.8 Å². The summed E-state index contributed by atoms with van der Waals surface area (Å²) < 4.78 is 5.89. The van der Waals surface area contributed by atoms with Gasteiger partial charge in [-0.15, -0.1) is 0 Å². The molecule has 1 unspecified atom stereocenters. The molecular formula is C29H37N3O3. The monoisotopic (exact) mass is 475 g/mol. The lowest BCUT2D eigenvalue weighted by Crippen LogP contribution is -2.71. The standard InChI is InChI=1S/C29H37N3O3/c1-4-5-17-32-27(33)26(20-22(2)3)30-28(34)29(32)15-18-31(19-16-29)21-23-11-13-25(14-12-23)35-24-9-7-6-8-10-24/h5-14,17,22,26H,4,15-16,18-21H2,1-3H3,(H,30,34)/b17-5+. The number of carbonyl (C=O) groups excluding carboxylic acids is 2. The highest BCUT2D eigenvalue weighted by molar-refractivity contribution is 6.00. The molecule has 6 nitrogen and oxygen atoms in total. The molecule has 0 saturated carbocycles. The van der Waals surface area contributed by atoms with Gasteiger partial charge >= 0.3 is 0 Å². The minimum atomic E-state index is -0.792. The van der Waals surface area contributed by atoms with Gasteiger partial charge in [0.2, 0.25) is 11.8 Å². The molecule has 2 heterocycles. The average Bonchev–Trinajstić information content (AvgIpc) is 2.85. The molecule has 1 spiro atoms. The van der Waals surface area contributed by atoms with Gasteiger partial charge in [0.25, 0.3) is 0 Å². The largest absolute Gasteiger partial charge is 0.457 e. The molecule has 4 rings (SSSR count). The van der Waals surface area contributed by atoms with Crippen LogP contribution in [0.15, 0.2) is 66.9 Å². The summed E-state index contributed by atoms with van der Waals surface area (Å²) in [5.41, 5.74) is 0.408. The number of amides is 2. The van der Waals surface area contributed by atoms with Crippen molar-refractivity contribution in [1.82, 2.24) is 15.1 Å². The molecule has 1 N–H and O–H groups in total. The lowest BCUT2D eigenvalue weighted by molar-refractivity contribution is -0.157. The molecule has 2 aliphatic heterocycles. The van der Waals surface area contributed by atoms with Crippen LogP contribution in [0.1, 0.15) is 52.0 Å². The van der Waals surface area contributed by atoms with Gasteiger partial charge in [-0.05, 0) is 61.4 Å². The van der Waals surface area contributed by atoms with Crippen LogP contribution in [0.4, 0.5) is 0 Å². The van der Waals surface area contributed by atoms with E-state index in [1.165, 1.54) is 5.56 Å². The number of piperazine rings is 1. The van der Waals surface area contributed by atoms with Crippen molar-refractivity contribution in [2.45, 2.75) is 64.6 Å². The van der Waals surface area contributed by atoms with Crippen molar-refractivity contribution in [2.75, 3.05) is 13.1 Å². The Labute approximate surface area is 208 Å². The SMILES string of the molecule is CC/C=C/N1C(=O)C(CC(C)C)NC(=O)C12CCN(Cc1ccc(Oc3ccccc3)cc1)CC2. The number of hydrogen-bond acceptors (Lipinski definition) is 4. The van der Waals surface area contributed by atoms with Crippen molar-refractivity contribution in [3.8, 4) is 11.5 Å². The van der Waals surface area contributed by atoms with E-state index in [1.54, 1.807) is 4.90 Å². The zero-order chi connectivity index (χ0) is 24.8. The van der Waals surface area contributed by atoms with Gasteiger partial charge in [-0.2, -0.15) is 0 Å². The highest BCUT2D eigenvalue weighted by Crippen LogP contribution is 2.35. The second-order valence-corrected chi connectivity index (χ2v) is 10.0. The van der Waals surface area contributed by atoms with Crippen LogP contribution >= 0.6 is 0 Å². The van der Waals surface area contributed by atoms with Gasteiger partial charge in [-0.25, -0.2) is 0 Å². The number of carbonyl (C=O) groups is 2. The molecule has 2 aromatic carbocycles. The van der Waals surface area contributed by atoms with Crippen molar-refractivity contribution in [2.24, 2.45) is 5.92 Å². The highest BCUT2D eigenvalue weighted by Gasteiger charge is 2.52. The van der Waals surface area contributed by atoms with Crippen molar-refractivity contribution in [3.05, 3.63) is 72.4 Å². The van der Waals surface area contributed by atoms with E-state index in [4.69, 9.17) is 4.74 Å². The molecule has 2 saturated heterocycles. The minimum Gasteiger partial charge on any atom is -0.457 e. The predicted molar refractivity (Wildman–Crippen MR) is 138 cm³/mol. The summed E-state index contributed by atoms with van der Waals surface area (Å²) in [7, 11) is 0. The zero-order valence-corrected chi connectivity index (χ0v) is 21.1. The van der Waals surface area contributed by atoms with Crippen LogP contribution in [0.5, 0.6) is 11.5 Å². The van der Waals surface area contributed by atoms with Crippen LogP contribution < -0.4 is 10.1 Å². The first-order chi connectivity index (χ1) is 16.9. The van der Waals surface area contributed by atoms with E-state index in [0.717, 1.165) is 37.6 Å². The Bertz CT molecular complexity index is 1020. The lowest BCUT2D eigenvalue weighted by atomic mass is 9.81. The molecule has 1 atom stereocenters. The lowest BCUT2D eigenvalue weighted by Gasteiger charge is -2.50. The maximum absolute atomic E-state index is 13.4. The molecule has 186 valence electrons. The van der Waals surface area contributed by atoms with Crippen molar-refractivity contribution in [1.29, 1.82) is 0 Å². The second kappa shape index (κ2) is 11.1. The Morgan fingerprint density at radius 3 is 2.31 bits per heavy atom. The topological polar surface area (TPSA) is 61.9 Å². The van der Waals surface area contributed by atoms with Crippen LogP contribution in [0.25, 0.3) is 0 Å². The number of para-hydroxylation sites is 1. The van der Waals surface area contributed by atoms with Crippen molar-refractivity contribution < 1.29 is 14.3 Å².